The van der Waals surface area contributed by atoms with Crippen LogP contribution in [-0.4, -0.2) is 55.5 Å². The van der Waals surface area contributed by atoms with E-state index < -0.39 is 17.8 Å². The number of rotatable bonds is 4. The number of piperazine rings is 1. The number of urea groups is 1. The number of imide groups is 1. The van der Waals surface area contributed by atoms with Gasteiger partial charge >= 0.3 is 6.03 Å². The summed E-state index contributed by atoms with van der Waals surface area (Å²) >= 11 is 0. The van der Waals surface area contributed by atoms with E-state index in [4.69, 9.17) is 0 Å². The van der Waals surface area contributed by atoms with Crippen molar-refractivity contribution in [2.45, 2.75) is 0 Å². The number of hydrogen-bond donors (Lipinski definition) is 3. The third-order valence-corrected chi connectivity index (χ3v) is 4.56. The lowest BCUT2D eigenvalue weighted by atomic mass is 10.2. The summed E-state index contributed by atoms with van der Waals surface area (Å²) in [6, 6.07) is 14.0. The highest BCUT2D eigenvalue weighted by molar-refractivity contribution is 6.01. The molecule has 0 bridgehead atoms. The minimum atomic E-state index is -0.771. The zero-order valence-corrected chi connectivity index (χ0v) is 15.3. The zero-order chi connectivity index (χ0) is 19.9. The van der Waals surface area contributed by atoms with Gasteiger partial charge in [-0.1, -0.05) is 30.3 Å². The molecule has 3 N–H and O–H groups in total. The molecule has 0 unspecified atom stereocenters. The first-order chi connectivity index (χ1) is 13.5. The fourth-order valence-corrected chi connectivity index (χ4v) is 3.08. The van der Waals surface area contributed by atoms with E-state index in [0.717, 1.165) is 4.90 Å². The molecule has 1 heterocycles. The van der Waals surface area contributed by atoms with Crippen LogP contribution in [-0.2, 0) is 4.79 Å². The molecular formula is C20H22FN4O3+. The summed E-state index contributed by atoms with van der Waals surface area (Å²) in [5.41, 5.74) is 0.654. The largest absolute Gasteiger partial charge is 0.327 e. The van der Waals surface area contributed by atoms with Crippen LogP contribution in [0.25, 0.3) is 0 Å². The van der Waals surface area contributed by atoms with E-state index in [1.54, 1.807) is 23.1 Å². The quantitative estimate of drug-likeness (QED) is 0.718. The van der Waals surface area contributed by atoms with Crippen molar-refractivity contribution in [3.63, 3.8) is 0 Å². The summed E-state index contributed by atoms with van der Waals surface area (Å²) in [6.45, 7) is 2.41. The van der Waals surface area contributed by atoms with Crippen molar-refractivity contribution in [3.05, 3.63) is 66.0 Å². The van der Waals surface area contributed by atoms with Gasteiger partial charge in [0, 0.05) is 5.56 Å². The average Bonchev–Trinajstić information content (AvgIpc) is 2.70. The summed E-state index contributed by atoms with van der Waals surface area (Å²) in [5, 5.41) is 4.52. The number of hydrogen-bond acceptors (Lipinski definition) is 3. The first kappa shape index (κ1) is 19.5. The Bertz CT molecular complexity index is 852. The number of quaternary nitrogens is 1. The zero-order valence-electron chi connectivity index (χ0n) is 15.3. The average molecular weight is 385 g/mol. The lowest BCUT2D eigenvalue weighted by molar-refractivity contribution is -0.895. The van der Waals surface area contributed by atoms with Crippen LogP contribution in [0.4, 0.5) is 14.9 Å². The van der Waals surface area contributed by atoms with Crippen LogP contribution in [0.3, 0.4) is 0 Å². The summed E-state index contributed by atoms with van der Waals surface area (Å²) in [5.74, 6) is -1.05. The van der Waals surface area contributed by atoms with Gasteiger partial charge in [0.1, 0.15) is 5.82 Å². The number of benzene rings is 2. The molecule has 0 spiro atoms. The molecule has 0 radical (unpaired) electrons. The number of amides is 4. The molecule has 0 aromatic heterocycles. The fraction of sp³-hybridized carbons (Fsp3) is 0.250. The number of nitrogens with zero attached hydrogens (tertiary/aromatic N) is 1. The molecule has 4 amide bonds. The van der Waals surface area contributed by atoms with Gasteiger partial charge in [-0.3, -0.25) is 14.9 Å². The van der Waals surface area contributed by atoms with Crippen molar-refractivity contribution in [2.75, 3.05) is 38.0 Å². The van der Waals surface area contributed by atoms with Crippen LogP contribution in [0.2, 0.25) is 0 Å². The molecule has 0 aliphatic carbocycles. The molecule has 0 atom stereocenters. The van der Waals surface area contributed by atoms with Gasteiger partial charge < -0.3 is 15.1 Å². The lowest BCUT2D eigenvalue weighted by Gasteiger charge is -2.31. The van der Waals surface area contributed by atoms with Crippen LogP contribution in [0.1, 0.15) is 10.4 Å². The number of nitrogens with one attached hydrogen (secondary N) is 3. The molecule has 2 aromatic rings. The van der Waals surface area contributed by atoms with Crippen LogP contribution in [0.5, 0.6) is 0 Å². The van der Waals surface area contributed by atoms with Gasteiger partial charge in [0.15, 0.2) is 6.54 Å². The van der Waals surface area contributed by atoms with Crippen molar-refractivity contribution in [1.29, 1.82) is 0 Å². The van der Waals surface area contributed by atoms with Crippen LogP contribution < -0.4 is 15.5 Å². The van der Waals surface area contributed by atoms with E-state index in [2.05, 4.69) is 10.6 Å². The molecule has 146 valence electrons. The van der Waals surface area contributed by atoms with Gasteiger partial charge in [0.2, 0.25) is 0 Å². The molecule has 3 rings (SSSR count). The van der Waals surface area contributed by atoms with Crippen molar-refractivity contribution >= 4 is 23.5 Å². The number of para-hydroxylation sites is 1. The number of halogens is 1. The smallest absolute Gasteiger partial charge is 0.326 e. The predicted octanol–water partition coefficient (Wildman–Crippen LogP) is 0.515. The Hall–Kier alpha value is -3.26. The Morgan fingerprint density at radius 1 is 0.964 bits per heavy atom. The second-order valence-electron chi connectivity index (χ2n) is 6.57. The minimum absolute atomic E-state index is 0.00758. The molecule has 28 heavy (non-hydrogen) atoms. The maximum absolute atomic E-state index is 13.5. The van der Waals surface area contributed by atoms with E-state index in [1.165, 1.54) is 18.2 Å². The van der Waals surface area contributed by atoms with Crippen molar-refractivity contribution in [1.82, 2.24) is 10.2 Å². The summed E-state index contributed by atoms with van der Waals surface area (Å²) in [6.07, 6.45) is 0. The Morgan fingerprint density at radius 3 is 2.29 bits per heavy atom. The highest BCUT2D eigenvalue weighted by Crippen LogP contribution is 2.11. The monoisotopic (exact) mass is 385 g/mol. The predicted molar refractivity (Wildman–Crippen MR) is 101 cm³/mol. The third-order valence-electron chi connectivity index (χ3n) is 4.56. The van der Waals surface area contributed by atoms with E-state index in [-0.39, 0.29) is 18.1 Å². The molecule has 0 saturated carbocycles. The van der Waals surface area contributed by atoms with Gasteiger partial charge in [-0.2, -0.15) is 0 Å². The molecule has 7 nitrogen and oxygen atoms in total. The molecule has 2 aromatic carbocycles. The van der Waals surface area contributed by atoms with Gasteiger partial charge in [0.05, 0.1) is 31.9 Å². The highest BCUT2D eigenvalue weighted by atomic mass is 19.1. The Morgan fingerprint density at radius 2 is 1.61 bits per heavy atom. The topological polar surface area (TPSA) is 83.0 Å². The fourth-order valence-electron chi connectivity index (χ4n) is 3.08. The summed E-state index contributed by atoms with van der Waals surface area (Å²) < 4.78 is 13.5. The van der Waals surface area contributed by atoms with Crippen molar-refractivity contribution in [2.24, 2.45) is 0 Å². The second kappa shape index (κ2) is 9.09. The van der Waals surface area contributed by atoms with Gasteiger partial charge in [-0.15, -0.1) is 0 Å². The standard InChI is InChI=1S/C20H21FN4O3/c21-16-8-4-5-9-17(16)22-20(28)23-18(26)14-24-10-12-25(13-11-24)19(27)15-6-2-1-3-7-15/h1-9H,10-14H2,(H2,22,23,26,28)/p+1. The van der Waals surface area contributed by atoms with Crippen molar-refractivity contribution < 1.29 is 23.7 Å². The molecular weight excluding hydrogens is 363 g/mol. The highest BCUT2D eigenvalue weighted by Gasteiger charge is 2.26. The van der Waals surface area contributed by atoms with E-state index in [0.29, 0.717) is 31.7 Å². The molecule has 1 saturated heterocycles. The normalized spacial score (nSPS) is 14.4. The van der Waals surface area contributed by atoms with Crippen LogP contribution >= 0.6 is 0 Å². The van der Waals surface area contributed by atoms with Crippen LogP contribution in [0, 0.1) is 5.82 Å². The molecule has 1 fully saturated rings. The van der Waals surface area contributed by atoms with Gasteiger partial charge in [0.25, 0.3) is 11.8 Å². The number of carbonyl (C=O) groups excluding carboxylic acids is 3. The first-order valence-electron chi connectivity index (χ1n) is 9.06. The van der Waals surface area contributed by atoms with E-state index >= 15 is 0 Å². The molecule has 1 aliphatic heterocycles. The number of anilines is 1. The molecule has 1 aliphatic rings. The van der Waals surface area contributed by atoms with Crippen LogP contribution in [0.15, 0.2) is 54.6 Å². The SMILES string of the molecule is O=C(C[NH+]1CCN(C(=O)c2ccccc2)CC1)NC(=O)Nc1ccccc1F. The third kappa shape index (κ3) is 5.14. The lowest BCUT2D eigenvalue weighted by Crippen LogP contribution is -3.15. The Kier molecular flexibility index (Phi) is 6.33. The van der Waals surface area contributed by atoms with Gasteiger partial charge in [-0.05, 0) is 24.3 Å². The second-order valence-corrected chi connectivity index (χ2v) is 6.57. The van der Waals surface area contributed by atoms with E-state index in [9.17, 15) is 18.8 Å². The number of carbonyl (C=O) groups is 3. The summed E-state index contributed by atoms with van der Waals surface area (Å²) in [4.78, 5) is 39.1. The van der Waals surface area contributed by atoms with Crippen molar-refractivity contribution in [3.8, 4) is 0 Å². The summed E-state index contributed by atoms with van der Waals surface area (Å²) in [7, 11) is 0. The Balaban J connectivity index is 1.43. The molecule has 8 heteroatoms. The van der Waals surface area contributed by atoms with Gasteiger partial charge in [-0.25, -0.2) is 9.18 Å². The minimum Gasteiger partial charge on any atom is -0.327 e. The first-order valence-corrected chi connectivity index (χ1v) is 9.06. The maximum Gasteiger partial charge on any atom is 0.326 e. The Labute approximate surface area is 162 Å². The maximum atomic E-state index is 13.5. The van der Waals surface area contributed by atoms with E-state index in [1.807, 2.05) is 18.2 Å².